The van der Waals surface area contributed by atoms with Crippen LogP contribution in [-0.4, -0.2) is 32.3 Å². The average Bonchev–Trinajstić information content (AvgIpc) is 2.98. The highest BCUT2D eigenvalue weighted by atomic mass is 19.4. The zero-order chi connectivity index (χ0) is 18.2. The highest BCUT2D eigenvalue weighted by Gasteiger charge is 2.41. The van der Waals surface area contributed by atoms with E-state index in [1.807, 2.05) is 0 Å². The van der Waals surface area contributed by atoms with Gasteiger partial charge >= 0.3 is 12.1 Å². The van der Waals surface area contributed by atoms with Gasteiger partial charge in [0.1, 0.15) is 6.04 Å². The molecule has 7 nitrogen and oxygen atoms in total. The molecule has 0 radical (unpaired) electrons. The van der Waals surface area contributed by atoms with Gasteiger partial charge in [-0.15, -0.1) is 5.10 Å². The standard InChI is InChI=1S/C15H14F3N5O2/c1-3-25-12(24)10-8(2)20-14-21-13(15(16,17)18)22-23(14)11(10)9-6-4-5-7-19-9/h4-7,11H,3H2,1-2H3,(H,20,21,22). The van der Waals surface area contributed by atoms with Crippen molar-refractivity contribution in [3.63, 3.8) is 0 Å². The molecule has 0 fully saturated rings. The summed E-state index contributed by atoms with van der Waals surface area (Å²) in [5.74, 6) is -2.07. The molecule has 2 aromatic rings. The molecule has 1 aliphatic rings. The maximum Gasteiger partial charge on any atom is 0.453 e. The van der Waals surface area contributed by atoms with Crippen molar-refractivity contribution < 1.29 is 22.7 Å². The fraction of sp³-hybridized carbons (Fsp3) is 0.333. The van der Waals surface area contributed by atoms with Crippen LogP contribution >= 0.6 is 0 Å². The maximum atomic E-state index is 13.0. The molecule has 25 heavy (non-hydrogen) atoms. The molecule has 2 aromatic heterocycles. The highest BCUT2D eigenvalue weighted by molar-refractivity contribution is 5.92. The van der Waals surface area contributed by atoms with Gasteiger partial charge in [0.25, 0.3) is 5.82 Å². The van der Waals surface area contributed by atoms with Crippen molar-refractivity contribution in [3.05, 3.63) is 47.2 Å². The van der Waals surface area contributed by atoms with Gasteiger partial charge < -0.3 is 10.1 Å². The second kappa shape index (κ2) is 6.19. The lowest BCUT2D eigenvalue weighted by molar-refractivity contribution is -0.145. The van der Waals surface area contributed by atoms with Crippen LogP contribution in [0.4, 0.5) is 19.1 Å². The summed E-state index contributed by atoms with van der Waals surface area (Å²) in [5, 5.41) is 6.23. The summed E-state index contributed by atoms with van der Waals surface area (Å²) >= 11 is 0. The van der Waals surface area contributed by atoms with E-state index in [0.717, 1.165) is 4.68 Å². The number of aromatic nitrogens is 4. The molecule has 0 saturated carbocycles. The van der Waals surface area contributed by atoms with Crippen molar-refractivity contribution in [2.75, 3.05) is 11.9 Å². The van der Waals surface area contributed by atoms with E-state index in [9.17, 15) is 18.0 Å². The Hall–Kier alpha value is -2.91. The lowest BCUT2D eigenvalue weighted by Crippen LogP contribution is -2.30. The first kappa shape index (κ1) is 16.9. The molecular weight excluding hydrogens is 339 g/mol. The first-order valence-electron chi connectivity index (χ1n) is 7.42. The Morgan fingerprint density at radius 3 is 2.76 bits per heavy atom. The van der Waals surface area contributed by atoms with Gasteiger partial charge in [0.15, 0.2) is 0 Å². The average molecular weight is 353 g/mol. The number of alkyl halides is 3. The summed E-state index contributed by atoms with van der Waals surface area (Å²) in [5.41, 5.74) is 0.820. The van der Waals surface area contributed by atoms with Crippen LogP contribution in [0.25, 0.3) is 0 Å². The van der Waals surface area contributed by atoms with Crippen molar-refractivity contribution in [2.45, 2.75) is 26.1 Å². The van der Waals surface area contributed by atoms with Gasteiger partial charge in [0.05, 0.1) is 17.9 Å². The minimum atomic E-state index is -4.71. The van der Waals surface area contributed by atoms with Gasteiger partial charge in [-0.3, -0.25) is 4.98 Å². The molecule has 3 rings (SSSR count). The number of fused-ring (bicyclic) bond motifs is 1. The lowest BCUT2D eigenvalue weighted by Gasteiger charge is -2.27. The van der Waals surface area contributed by atoms with E-state index in [1.165, 1.54) is 6.20 Å². The van der Waals surface area contributed by atoms with Gasteiger partial charge in [-0.2, -0.15) is 18.2 Å². The van der Waals surface area contributed by atoms with Crippen molar-refractivity contribution in [3.8, 4) is 0 Å². The second-order valence-electron chi connectivity index (χ2n) is 5.24. The van der Waals surface area contributed by atoms with Gasteiger partial charge in [-0.1, -0.05) is 6.07 Å². The molecule has 0 aromatic carbocycles. The number of allylic oxidation sites excluding steroid dienone is 1. The Kier molecular flexibility index (Phi) is 4.19. The minimum absolute atomic E-state index is 0.117. The third kappa shape index (κ3) is 3.06. The zero-order valence-corrected chi connectivity index (χ0v) is 13.3. The van der Waals surface area contributed by atoms with E-state index in [-0.39, 0.29) is 18.1 Å². The number of hydrogen-bond donors (Lipinski definition) is 1. The van der Waals surface area contributed by atoms with Crippen LogP contribution in [0, 0.1) is 0 Å². The molecule has 0 saturated heterocycles. The Balaban J connectivity index is 2.17. The molecule has 10 heteroatoms. The molecule has 3 heterocycles. The van der Waals surface area contributed by atoms with Crippen molar-refractivity contribution >= 4 is 11.9 Å². The fourth-order valence-electron chi connectivity index (χ4n) is 2.56. The van der Waals surface area contributed by atoms with Crippen molar-refractivity contribution in [1.82, 2.24) is 19.7 Å². The summed E-state index contributed by atoms with van der Waals surface area (Å²) in [6.07, 6.45) is -3.23. The molecule has 0 bridgehead atoms. The third-order valence-electron chi connectivity index (χ3n) is 3.57. The van der Waals surface area contributed by atoms with Crippen molar-refractivity contribution in [1.29, 1.82) is 0 Å². The smallest absolute Gasteiger partial charge is 0.453 e. The number of carbonyl (C=O) groups is 1. The first-order valence-corrected chi connectivity index (χ1v) is 7.42. The van der Waals surface area contributed by atoms with Crippen LogP contribution < -0.4 is 5.32 Å². The predicted molar refractivity (Wildman–Crippen MR) is 80.4 cm³/mol. The number of esters is 1. The number of carbonyl (C=O) groups excluding carboxylic acids is 1. The zero-order valence-electron chi connectivity index (χ0n) is 13.3. The van der Waals surface area contributed by atoms with Crippen LogP contribution in [0.3, 0.4) is 0 Å². The number of hydrogen-bond acceptors (Lipinski definition) is 6. The van der Waals surface area contributed by atoms with Crippen molar-refractivity contribution in [2.24, 2.45) is 0 Å². The number of pyridine rings is 1. The molecule has 0 spiro atoms. The molecule has 1 aliphatic heterocycles. The number of rotatable bonds is 3. The molecule has 0 aliphatic carbocycles. The topological polar surface area (TPSA) is 81.9 Å². The van der Waals surface area contributed by atoms with Gasteiger partial charge in [0.2, 0.25) is 5.95 Å². The number of ether oxygens (including phenoxy) is 1. The summed E-state index contributed by atoms with van der Waals surface area (Å²) in [4.78, 5) is 20.0. The van der Waals surface area contributed by atoms with E-state index < -0.39 is 24.0 Å². The van der Waals surface area contributed by atoms with Gasteiger partial charge in [-0.25, -0.2) is 9.48 Å². The SMILES string of the molecule is CCOC(=O)C1=C(C)Nc2nc(C(F)(F)F)nn2C1c1ccccn1. The molecule has 1 atom stereocenters. The monoisotopic (exact) mass is 353 g/mol. The molecule has 1 N–H and O–H groups in total. The van der Waals surface area contributed by atoms with Crippen LogP contribution in [0.5, 0.6) is 0 Å². The third-order valence-corrected chi connectivity index (χ3v) is 3.57. The van der Waals surface area contributed by atoms with Crippen LogP contribution in [0.15, 0.2) is 35.7 Å². The second-order valence-corrected chi connectivity index (χ2v) is 5.24. The number of halogens is 3. The minimum Gasteiger partial charge on any atom is -0.463 e. The normalized spacial score (nSPS) is 17.1. The number of anilines is 1. The van der Waals surface area contributed by atoms with Crippen LogP contribution in [-0.2, 0) is 15.7 Å². The summed E-state index contributed by atoms with van der Waals surface area (Å²) in [6.45, 7) is 3.33. The summed E-state index contributed by atoms with van der Waals surface area (Å²) in [7, 11) is 0. The van der Waals surface area contributed by atoms with Crippen LogP contribution in [0.2, 0.25) is 0 Å². The van der Waals surface area contributed by atoms with E-state index in [0.29, 0.717) is 11.4 Å². The highest BCUT2D eigenvalue weighted by Crippen LogP contribution is 2.37. The number of nitrogens with one attached hydrogen (secondary N) is 1. The van der Waals surface area contributed by atoms with Gasteiger partial charge in [-0.05, 0) is 26.0 Å². The maximum absolute atomic E-state index is 13.0. The van der Waals surface area contributed by atoms with E-state index >= 15 is 0 Å². The molecule has 132 valence electrons. The van der Waals surface area contributed by atoms with E-state index in [4.69, 9.17) is 4.74 Å². The van der Waals surface area contributed by atoms with E-state index in [1.54, 1.807) is 32.0 Å². The van der Waals surface area contributed by atoms with Gasteiger partial charge in [0, 0.05) is 11.9 Å². The largest absolute Gasteiger partial charge is 0.463 e. The Bertz CT molecular complexity index is 829. The Morgan fingerprint density at radius 2 is 2.16 bits per heavy atom. The molecule has 1 unspecified atom stereocenters. The molecule has 0 amide bonds. The van der Waals surface area contributed by atoms with E-state index in [2.05, 4.69) is 20.4 Å². The van der Waals surface area contributed by atoms with Crippen LogP contribution in [0.1, 0.15) is 31.4 Å². The Morgan fingerprint density at radius 1 is 1.40 bits per heavy atom. The molecular formula is C15H14F3N5O2. The predicted octanol–water partition coefficient (Wildman–Crippen LogP) is 2.54. The fourth-order valence-corrected chi connectivity index (χ4v) is 2.56. The first-order chi connectivity index (χ1) is 11.8. The Labute approximate surface area is 140 Å². The summed E-state index contributed by atoms with van der Waals surface area (Å²) < 4.78 is 45.0. The summed E-state index contributed by atoms with van der Waals surface area (Å²) in [6, 6.07) is 3.96. The lowest BCUT2D eigenvalue weighted by atomic mass is 10.00. The quantitative estimate of drug-likeness (QED) is 0.854. The number of nitrogens with zero attached hydrogens (tertiary/aromatic N) is 4.